The summed E-state index contributed by atoms with van der Waals surface area (Å²) in [5.41, 5.74) is 0.0275. The molecular weight excluding hydrogens is 252 g/mol. The second-order valence-electron chi connectivity index (χ2n) is 3.52. The van der Waals surface area contributed by atoms with Crippen LogP contribution in [-0.4, -0.2) is 26.6 Å². The van der Waals surface area contributed by atoms with Crippen LogP contribution in [0.5, 0.6) is 0 Å². The van der Waals surface area contributed by atoms with Gasteiger partial charge in [0.05, 0.1) is 16.8 Å². The summed E-state index contributed by atoms with van der Waals surface area (Å²) < 4.78 is 36.3. The van der Waals surface area contributed by atoms with Crippen molar-refractivity contribution >= 4 is 17.3 Å². The Morgan fingerprint density at radius 2 is 1.82 bits per heavy atom. The monoisotopic (exact) mass is 265 g/mol. The van der Waals surface area contributed by atoms with Crippen molar-refractivity contribution in [2.75, 3.05) is 19.5 Å². The minimum atomic E-state index is -0.757. The highest BCUT2D eigenvalue weighted by Crippen LogP contribution is 2.27. The molecule has 0 fully saturated rings. The fourth-order valence-electron chi connectivity index (χ4n) is 1.48. The minimum Gasteiger partial charge on any atom is -0.374 e. The van der Waals surface area contributed by atoms with Gasteiger partial charge in [-0.2, -0.15) is 0 Å². The molecule has 0 spiro atoms. The molecular formula is C11H14ClF2NO2. The van der Waals surface area contributed by atoms with Gasteiger partial charge in [-0.25, -0.2) is 8.78 Å². The molecule has 96 valence electrons. The zero-order chi connectivity index (χ0) is 13.0. The molecule has 0 aromatic heterocycles. The summed E-state index contributed by atoms with van der Waals surface area (Å²) >= 11 is 5.75. The average Bonchev–Trinajstić information content (AvgIpc) is 2.25. The Hall–Kier alpha value is -0.910. The van der Waals surface area contributed by atoms with Crippen molar-refractivity contribution in [2.45, 2.75) is 19.3 Å². The molecule has 1 atom stereocenters. The number of hydrogen-bond acceptors (Lipinski definition) is 3. The van der Waals surface area contributed by atoms with E-state index < -0.39 is 17.9 Å². The lowest BCUT2D eigenvalue weighted by Gasteiger charge is -2.23. The number of rotatable bonds is 5. The molecule has 0 saturated carbocycles. The topological polar surface area (TPSA) is 30.5 Å². The van der Waals surface area contributed by atoms with E-state index in [9.17, 15) is 8.78 Å². The first-order valence-electron chi connectivity index (χ1n) is 4.96. The summed E-state index contributed by atoms with van der Waals surface area (Å²) in [4.78, 5) is 0. The number of nitrogens with one attached hydrogen (secondary N) is 1. The third kappa shape index (κ3) is 3.52. The van der Waals surface area contributed by atoms with Crippen molar-refractivity contribution in [1.29, 1.82) is 0 Å². The minimum absolute atomic E-state index is 0.0275. The van der Waals surface area contributed by atoms with Gasteiger partial charge in [-0.1, -0.05) is 11.6 Å². The molecule has 0 amide bonds. The lowest BCUT2D eigenvalue weighted by Crippen LogP contribution is -2.34. The lowest BCUT2D eigenvalue weighted by molar-refractivity contribution is -0.109. The zero-order valence-electron chi connectivity index (χ0n) is 9.76. The molecule has 0 bridgehead atoms. The van der Waals surface area contributed by atoms with Gasteiger partial charge in [-0.05, 0) is 13.0 Å². The summed E-state index contributed by atoms with van der Waals surface area (Å²) in [6, 6.07) is 1.45. The first kappa shape index (κ1) is 14.2. The highest BCUT2D eigenvalue weighted by Gasteiger charge is 2.19. The molecule has 6 heteroatoms. The van der Waals surface area contributed by atoms with E-state index in [1.54, 1.807) is 6.92 Å². The van der Waals surface area contributed by atoms with Crippen molar-refractivity contribution in [3.05, 3.63) is 28.8 Å². The van der Waals surface area contributed by atoms with E-state index in [0.717, 1.165) is 12.1 Å². The molecule has 1 N–H and O–H groups in total. The third-order valence-electron chi connectivity index (χ3n) is 2.25. The van der Waals surface area contributed by atoms with Crippen LogP contribution < -0.4 is 5.32 Å². The van der Waals surface area contributed by atoms with Crippen molar-refractivity contribution in [1.82, 2.24) is 0 Å². The molecule has 1 rings (SSSR count). The van der Waals surface area contributed by atoms with E-state index in [2.05, 4.69) is 5.32 Å². The Morgan fingerprint density at radius 3 is 2.29 bits per heavy atom. The summed E-state index contributed by atoms with van der Waals surface area (Å²) in [6.45, 7) is 1.73. The van der Waals surface area contributed by atoms with Crippen LogP contribution in [0.25, 0.3) is 0 Å². The maximum atomic E-state index is 13.5. The lowest BCUT2D eigenvalue weighted by atomic mass is 10.2. The standard InChI is InChI=1S/C11H14ClF2NO2/c1-6(11(16-2)17-3)15-10-8(12)4-7(13)5-9(10)14/h4-6,11,15H,1-3H3. The van der Waals surface area contributed by atoms with Crippen LogP contribution in [0.1, 0.15) is 6.92 Å². The van der Waals surface area contributed by atoms with Gasteiger partial charge in [0, 0.05) is 20.3 Å². The molecule has 3 nitrogen and oxygen atoms in total. The molecule has 0 aliphatic heterocycles. The van der Waals surface area contributed by atoms with E-state index in [1.165, 1.54) is 14.2 Å². The van der Waals surface area contributed by atoms with Crippen molar-refractivity contribution in [2.24, 2.45) is 0 Å². The van der Waals surface area contributed by atoms with Gasteiger partial charge >= 0.3 is 0 Å². The second-order valence-corrected chi connectivity index (χ2v) is 3.92. The molecule has 1 aromatic carbocycles. The molecule has 1 unspecified atom stereocenters. The Bertz CT molecular complexity index is 363. The second kappa shape index (κ2) is 6.14. The molecule has 0 radical (unpaired) electrons. The van der Waals surface area contributed by atoms with Gasteiger partial charge in [0.25, 0.3) is 0 Å². The number of anilines is 1. The van der Waals surface area contributed by atoms with Crippen molar-refractivity contribution in [3.63, 3.8) is 0 Å². The van der Waals surface area contributed by atoms with Crippen LogP contribution in [0.2, 0.25) is 5.02 Å². The smallest absolute Gasteiger partial charge is 0.176 e. The SMILES string of the molecule is COC(OC)C(C)Nc1c(F)cc(F)cc1Cl. The van der Waals surface area contributed by atoms with Gasteiger partial charge in [0.2, 0.25) is 0 Å². The Labute approximate surface area is 104 Å². The number of halogens is 3. The predicted molar refractivity (Wildman–Crippen MR) is 62.3 cm³/mol. The number of hydrogen-bond donors (Lipinski definition) is 1. The van der Waals surface area contributed by atoms with E-state index in [4.69, 9.17) is 21.1 Å². The molecule has 0 aliphatic rings. The zero-order valence-corrected chi connectivity index (χ0v) is 10.5. The van der Waals surface area contributed by atoms with E-state index in [0.29, 0.717) is 0 Å². The van der Waals surface area contributed by atoms with Crippen molar-refractivity contribution in [3.8, 4) is 0 Å². The largest absolute Gasteiger partial charge is 0.374 e. The number of ether oxygens (including phenoxy) is 2. The van der Waals surface area contributed by atoms with Crippen molar-refractivity contribution < 1.29 is 18.3 Å². The molecule has 0 heterocycles. The maximum Gasteiger partial charge on any atom is 0.176 e. The number of methoxy groups -OCH3 is 2. The first-order chi connectivity index (χ1) is 7.99. The Morgan fingerprint density at radius 1 is 1.24 bits per heavy atom. The average molecular weight is 266 g/mol. The summed E-state index contributed by atoms with van der Waals surface area (Å²) in [5, 5.41) is 2.76. The van der Waals surface area contributed by atoms with Gasteiger partial charge in [-0.15, -0.1) is 0 Å². The van der Waals surface area contributed by atoms with Crippen LogP contribution in [-0.2, 0) is 9.47 Å². The fourth-order valence-corrected chi connectivity index (χ4v) is 1.73. The van der Waals surface area contributed by atoms with Crippen LogP contribution in [0.15, 0.2) is 12.1 Å². The van der Waals surface area contributed by atoms with Gasteiger partial charge in [0.1, 0.15) is 5.82 Å². The summed E-state index contributed by atoms with van der Waals surface area (Å²) in [6.07, 6.45) is -0.560. The van der Waals surface area contributed by atoms with Gasteiger partial charge in [-0.3, -0.25) is 0 Å². The Kier molecular flexibility index (Phi) is 5.11. The predicted octanol–water partition coefficient (Wildman–Crippen LogP) is 3.04. The maximum absolute atomic E-state index is 13.5. The van der Waals surface area contributed by atoms with E-state index >= 15 is 0 Å². The van der Waals surface area contributed by atoms with Crippen LogP contribution in [0.4, 0.5) is 14.5 Å². The first-order valence-corrected chi connectivity index (χ1v) is 5.34. The quantitative estimate of drug-likeness (QED) is 0.830. The van der Waals surface area contributed by atoms with Gasteiger partial charge < -0.3 is 14.8 Å². The van der Waals surface area contributed by atoms with Gasteiger partial charge in [0.15, 0.2) is 12.1 Å². The highest BCUT2D eigenvalue weighted by atomic mass is 35.5. The van der Waals surface area contributed by atoms with Crippen LogP contribution in [0, 0.1) is 11.6 Å². The van der Waals surface area contributed by atoms with Crippen LogP contribution in [0.3, 0.4) is 0 Å². The molecule has 17 heavy (non-hydrogen) atoms. The van der Waals surface area contributed by atoms with E-state index in [-0.39, 0.29) is 16.8 Å². The Balaban J connectivity index is 2.88. The molecule has 0 saturated heterocycles. The fraction of sp³-hybridized carbons (Fsp3) is 0.455. The van der Waals surface area contributed by atoms with Crippen LogP contribution >= 0.6 is 11.6 Å². The summed E-state index contributed by atoms with van der Waals surface area (Å²) in [5.74, 6) is -1.48. The molecule has 0 aliphatic carbocycles. The normalized spacial score (nSPS) is 12.9. The third-order valence-corrected chi connectivity index (χ3v) is 2.55. The van der Waals surface area contributed by atoms with E-state index in [1.807, 2.05) is 0 Å². The molecule has 1 aromatic rings. The summed E-state index contributed by atoms with van der Waals surface area (Å²) in [7, 11) is 2.93. The highest BCUT2D eigenvalue weighted by molar-refractivity contribution is 6.33. The number of benzene rings is 1.